The Morgan fingerprint density at radius 2 is 1.76 bits per heavy atom. The zero-order chi connectivity index (χ0) is 15.1. The minimum absolute atomic E-state index is 0.693. The van der Waals surface area contributed by atoms with E-state index in [1.165, 1.54) is 5.56 Å². The fourth-order valence-corrected chi connectivity index (χ4v) is 2.32. The topological polar surface area (TPSA) is 38.5 Å². The van der Waals surface area contributed by atoms with Gasteiger partial charge in [0.25, 0.3) is 0 Å². The maximum Gasteiger partial charge on any atom is 0.144 e. The minimum Gasteiger partial charge on any atom is -0.491 e. The Hall–Kier alpha value is -2.16. The van der Waals surface area contributed by atoms with Crippen molar-refractivity contribution in [3.63, 3.8) is 0 Å². The van der Waals surface area contributed by atoms with Gasteiger partial charge in [0.2, 0.25) is 0 Å². The first-order valence-electron chi connectivity index (χ1n) is 7.56. The molecule has 0 amide bonds. The van der Waals surface area contributed by atoms with Crippen molar-refractivity contribution in [3.8, 4) is 5.75 Å². The fraction of sp³-hybridized carbons (Fsp3) is 0.333. The lowest BCUT2D eigenvalue weighted by Crippen LogP contribution is -2.23. The Balaban J connectivity index is 2.21. The molecule has 0 aliphatic heterocycles. The molecular formula is C18H24N2O. The fourth-order valence-electron chi connectivity index (χ4n) is 2.32. The molecule has 0 radical (unpaired) electrons. The minimum atomic E-state index is 0.693. The Morgan fingerprint density at radius 3 is 2.43 bits per heavy atom. The van der Waals surface area contributed by atoms with E-state index in [2.05, 4.69) is 49.1 Å². The number of anilines is 2. The van der Waals surface area contributed by atoms with Crippen LogP contribution in [0.1, 0.15) is 25.8 Å². The van der Waals surface area contributed by atoms with Gasteiger partial charge in [0, 0.05) is 13.1 Å². The quantitative estimate of drug-likeness (QED) is 0.778. The number of para-hydroxylation sites is 1. The van der Waals surface area contributed by atoms with Crippen molar-refractivity contribution in [2.75, 3.05) is 23.8 Å². The van der Waals surface area contributed by atoms with E-state index in [0.29, 0.717) is 6.61 Å². The summed E-state index contributed by atoms with van der Waals surface area (Å²) in [4.78, 5) is 2.27. The number of hydrogen-bond acceptors (Lipinski definition) is 3. The molecule has 0 spiro atoms. The highest BCUT2D eigenvalue weighted by atomic mass is 16.5. The molecule has 0 saturated carbocycles. The highest BCUT2D eigenvalue weighted by molar-refractivity contribution is 5.74. The van der Waals surface area contributed by atoms with Gasteiger partial charge in [-0.3, -0.25) is 0 Å². The first-order valence-corrected chi connectivity index (χ1v) is 7.56. The van der Waals surface area contributed by atoms with Gasteiger partial charge >= 0.3 is 0 Å². The van der Waals surface area contributed by atoms with E-state index in [-0.39, 0.29) is 0 Å². The first kappa shape index (κ1) is 15.2. The molecule has 112 valence electrons. The molecule has 21 heavy (non-hydrogen) atoms. The highest BCUT2D eigenvalue weighted by Crippen LogP contribution is 2.33. The smallest absolute Gasteiger partial charge is 0.144 e. The van der Waals surface area contributed by atoms with Gasteiger partial charge < -0.3 is 15.4 Å². The van der Waals surface area contributed by atoms with E-state index >= 15 is 0 Å². The second-order valence-corrected chi connectivity index (χ2v) is 5.04. The van der Waals surface area contributed by atoms with E-state index in [4.69, 9.17) is 10.5 Å². The van der Waals surface area contributed by atoms with Crippen molar-refractivity contribution < 1.29 is 4.74 Å². The van der Waals surface area contributed by atoms with Crippen molar-refractivity contribution in [2.45, 2.75) is 26.8 Å². The van der Waals surface area contributed by atoms with Crippen LogP contribution in [0.5, 0.6) is 5.75 Å². The second kappa shape index (κ2) is 7.58. The molecule has 2 rings (SSSR count). The van der Waals surface area contributed by atoms with E-state index in [9.17, 15) is 0 Å². The number of ether oxygens (including phenoxy) is 1. The van der Waals surface area contributed by atoms with Gasteiger partial charge in [-0.05, 0) is 31.0 Å². The van der Waals surface area contributed by atoms with Gasteiger partial charge in [-0.2, -0.15) is 0 Å². The summed E-state index contributed by atoms with van der Waals surface area (Å²) in [5, 5.41) is 0. The Bertz CT molecular complexity index is 554. The molecule has 0 aliphatic rings. The standard InChI is InChI=1S/C18H24N2O/c1-3-13-21-17-12-8-11-16(18(17)19)20(4-2)14-15-9-6-5-7-10-15/h5-12H,3-4,13-14,19H2,1-2H3. The van der Waals surface area contributed by atoms with Crippen LogP contribution in [0.25, 0.3) is 0 Å². The lowest BCUT2D eigenvalue weighted by Gasteiger charge is -2.25. The molecule has 2 N–H and O–H groups in total. The van der Waals surface area contributed by atoms with Crippen molar-refractivity contribution in [1.82, 2.24) is 0 Å². The van der Waals surface area contributed by atoms with Crippen molar-refractivity contribution in [3.05, 3.63) is 54.1 Å². The predicted molar refractivity (Wildman–Crippen MR) is 89.8 cm³/mol. The number of hydrogen-bond donors (Lipinski definition) is 1. The summed E-state index contributed by atoms with van der Waals surface area (Å²) < 4.78 is 5.72. The summed E-state index contributed by atoms with van der Waals surface area (Å²) in [5.41, 5.74) is 9.33. The summed E-state index contributed by atoms with van der Waals surface area (Å²) in [6.45, 7) is 6.67. The summed E-state index contributed by atoms with van der Waals surface area (Å²) in [7, 11) is 0. The van der Waals surface area contributed by atoms with Crippen molar-refractivity contribution in [1.29, 1.82) is 0 Å². The van der Waals surface area contributed by atoms with Crippen molar-refractivity contribution >= 4 is 11.4 Å². The second-order valence-electron chi connectivity index (χ2n) is 5.04. The average molecular weight is 284 g/mol. The third kappa shape index (κ3) is 3.91. The van der Waals surface area contributed by atoms with E-state index in [1.807, 2.05) is 18.2 Å². The van der Waals surface area contributed by atoms with Crippen LogP contribution >= 0.6 is 0 Å². The van der Waals surface area contributed by atoms with Crippen LogP contribution < -0.4 is 15.4 Å². The number of rotatable bonds is 7. The molecule has 0 unspecified atom stereocenters. The summed E-state index contributed by atoms with van der Waals surface area (Å²) in [6, 6.07) is 16.4. The average Bonchev–Trinajstić information content (AvgIpc) is 2.53. The largest absolute Gasteiger partial charge is 0.491 e. The normalized spacial score (nSPS) is 10.4. The third-order valence-corrected chi connectivity index (χ3v) is 3.44. The number of nitrogen functional groups attached to an aromatic ring is 1. The van der Waals surface area contributed by atoms with Crippen LogP contribution in [0.4, 0.5) is 11.4 Å². The Morgan fingerprint density at radius 1 is 1.00 bits per heavy atom. The maximum atomic E-state index is 6.29. The zero-order valence-electron chi connectivity index (χ0n) is 12.9. The molecule has 0 bridgehead atoms. The molecule has 0 saturated heterocycles. The van der Waals surface area contributed by atoms with Crippen LogP contribution in [0.15, 0.2) is 48.5 Å². The van der Waals surface area contributed by atoms with Crippen LogP contribution in [-0.2, 0) is 6.54 Å². The third-order valence-electron chi connectivity index (χ3n) is 3.44. The molecule has 2 aromatic carbocycles. The monoisotopic (exact) mass is 284 g/mol. The van der Waals surface area contributed by atoms with Crippen LogP contribution in [-0.4, -0.2) is 13.2 Å². The lowest BCUT2D eigenvalue weighted by molar-refractivity contribution is 0.319. The molecule has 3 nitrogen and oxygen atoms in total. The Labute approximate surface area is 127 Å². The van der Waals surface area contributed by atoms with Gasteiger partial charge in [0.1, 0.15) is 5.75 Å². The van der Waals surface area contributed by atoms with Crippen LogP contribution in [0.3, 0.4) is 0 Å². The van der Waals surface area contributed by atoms with E-state index < -0.39 is 0 Å². The molecule has 0 atom stereocenters. The summed E-state index contributed by atoms with van der Waals surface area (Å²) in [6.07, 6.45) is 0.977. The Kier molecular flexibility index (Phi) is 5.50. The maximum absolute atomic E-state index is 6.29. The zero-order valence-corrected chi connectivity index (χ0v) is 12.9. The van der Waals surface area contributed by atoms with Crippen LogP contribution in [0, 0.1) is 0 Å². The SMILES string of the molecule is CCCOc1cccc(N(CC)Cc2ccccc2)c1N. The molecule has 0 aromatic heterocycles. The van der Waals surface area contributed by atoms with Crippen molar-refractivity contribution in [2.24, 2.45) is 0 Å². The highest BCUT2D eigenvalue weighted by Gasteiger charge is 2.12. The number of nitrogens with two attached hydrogens (primary N) is 1. The first-order chi connectivity index (χ1) is 10.3. The molecule has 0 heterocycles. The number of nitrogens with zero attached hydrogens (tertiary/aromatic N) is 1. The summed E-state index contributed by atoms with van der Waals surface area (Å²) in [5.74, 6) is 0.779. The van der Waals surface area contributed by atoms with Gasteiger partial charge in [-0.1, -0.05) is 43.3 Å². The van der Waals surface area contributed by atoms with Crippen LogP contribution in [0.2, 0.25) is 0 Å². The predicted octanol–water partition coefficient (Wildman–Crippen LogP) is 4.08. The van der Waals surface area contributed by atoms with E-state index in [0.717, 1.165) is 36.6 Å². The van der Waals surface area contributed by atoms with Gasteiger partial charge in [-0.25, -0.2) is 0 Å². The van der Waals surface area contributed by atoms with Gasteiger partial charge in [0.05, 0.1) is 18.0 Å². The van der Waals surface area contributed by atoms with Gasteiger partial charge in [-0.15, -0.1) is 0 Å². The number of benzene rings is 2. The van der Waals surface area contributed by atoms with Gasteiger partial charge in [0.15, 0.2) is 0 Å². The molecule has 3 heteroatoms. The molecule has 0 fully saturated rings. The summed E-state index contributed by atoms with van der Waals surface area (Å²) >= 11 is 0. The molecule has 2 aromatic rings. The van der Waals surface area contributed by atoms with E-state index in [1.54, 1.807) is 0 Å². The lowest BCUT2D eigenvalue weighted by atomic mass is 10.1. The molecule has 0 aliphatic carbocycles. The molecular weight excluding hydrogens is 260 g/mol.